The molecule has 1 amide bonds. The Morgan fingerprint density at radius 2 is 2.06 bits per heavy atom. The van der Waals surface area contributed by atoms with Gasteiger partial charge in [0.2, 0.25) is 5.91 Å². The second kappa shape index (κ2) is 6.28. The molecule has 3 nitrogen and oxygen atoms in total. The number of hydrogen-bond acceptors (Lipinski definition) is 2. The van der Waals surface area contributed by atoms with Crippen LogP contribution in [0.4, 0.5) is 0 Å². The van der Waals surface area contributed by atoms with E-state index in [0.29, 0.717) is 11.6 Å². The number of primary amides is 1. The smallest absolute Gasteiger partial charge is 0.248 e. The maximum absolute atomic E-state index is 11.0. The Morgan fingerprint density at radius 1 is 1.38 bits per heavy atom. The summed E-state index contributed by atoms with van der Waals surface area (Å²) in [6.45, 7) is 5.12. The number of benzene rings is 1. The molecule has 0 aliphatic rings. The van der Waals surface area contributed by atoms with Gasteiger partial charge >= 0.3 is 0 Å². The quantitative estimate of drug-likeness (QED) is 0.771. The Labute approximate surface area is 97.0 Å². The molecule has 0 unspecified atom stereocenters. The maximum atomic E-state index is 11.0. The minimum Gasteiger partial charge on any atom is -0.366 e. The first-order valence-electron chi connectivity index (χ1n) is 5.79. The van der Waals surface area contributed by atoms with Gasteiger partial charge < -0.3 is 11.1 Å². The lowest BCUT2D eigenvalue weighted by Crippen LogP contribution is -2.27. The van der Waals surface area contributed by atoms with Crippen LogP contribution in [0.1, 0.15) is 42.6 Å². The van der Waals surface area contributed by atoms with Crippen molar-refractivity contribution in [2.24, 2.45) is 5.73 Å². The Hall–Kier alpha value is -1.35. The molecule has 0 saturated carbocycles. The molecule has 0 aromatic heterocycles. The van der Waals surface area contributed by atoms with E-state index in [1.165, 1.54) is 0 Å². The van der Waals surface area contributed by atoms with Crippen LogP contribution in [-0.4, -0.2) is 11.9 Å². The summed E-state index contributed by atoms with van der Waals surface area (Å²) >= 11 is 0. The first-order valence-corrected chi connectivity index (χ1v) is 5.79. The first-order chi connectivity index (χ1) is 7.67. The van der Waals surface area contributed by atoms with E-state index in [-0.39, 0.29) is 5.91 Å². The van der Waals surface area contributed by atoms with Gasteiger partial charge in [-0.15, -0.1) is 0 Å². The number of amides is 1. The molecule has 1 aromatic rings. The van der Waals surface area contributed by atoms with Gasteiger partial charge in [-0.3, -0.25) is 4.79 Å². The van der Waals surface area contributed by atoms with E-state index < -0.39 is 0 Å². The molecule has 0 saturated heterocycles. The fraction of sp³-hybridized carbons (Fsp3) is 0.462. The predicted octanol–water partition coefficient (Wildman–Crippen LogP) is 2.06. The lowest BCUT2D eigenvalue weighted by molar-refractivity contribution is 0.1000. The van der Waals surface area contributed by atoms with Gasteiger partial charge in [-0.1, -0.05) is 26.0 Å². The third kappa shape index (κ3) is 3.66. The van der Waals surface area contributed by atoms with E-state index in [1.54, 1.807) is 6.07 Å². The molecule has 0 bridgehead atoms. The van der Waals surface area contributed by atoms with Crippen molar-refractivity contribution in [1.29, 1.82) is 0 Å². The summed E-state index contributed by atoms with van der Waals surface area (Å²) in [5.41, 5.74) is 6.90. The van der Waals surface area contributed by atoms with Crippen LogP contribution in [-0.2, 0) is 6.54 Å². The molecule has 0 radical (unpaired) electrons. The number of nitrogens with two attached hydrogens (primary N) is 1. The highest BCUT2D eigenvalue weighted by Gasteiger charge is 2.04. The van der Waals surface area contributed by atoms with Crippen molar-refractivity contribution in [2.75, 3.05) is 0 Å². The van der Waals surface area contributed by atoms with Crippen LogP contribution in [0.2, 0.25) is 0 Å². The van der Waals surface area contributed by atoms with Gasteiger partial charge in [0.25, 0.3) is 0 Å². The summed E-state index contributed by atoms with van der Waals surface area (Å²) in [5, 5.41) is 3.45. The molecule has 0 spiro atoms. The molecule has 0 aliphatic heterocycles. The largest absolute Gasteiger partial charge is 0.366 e. The minimum absolute atomic E-state index is 0.371. The summed E-state index contributed by atoms with van der Waals surface area (Å²) in [4.78, 5) is 11.0. The summed E-state index contributed by atoms with van der Waals surface area (Å²) < 4.78 is 0. The second-order valence-corrected chi connectivity index (χ2v) is 3.96. The number of hydrogen-bond donors (Lipinski definition) is 2. The van der Waals surface area contributed by atoms with Crippen molar-refractivity contribution in [3.63, 3.8) is 0 Å². The first kappa shape index (κ1) is 12.7. The number of rotatable bonds is 6. The summed E-state index contributed by atoms with van der Waals surface area (Å²) in [7, 11) is 0. The van der Waals surface area contributed by atoms with Crippen LogP contribution in [0, 0.1) is 0 Å². The van der Waals surface area contributed by atoms with E-state index >= 15 is 0 Å². The Morgan fingerprint density at radius 3 is 2.62 bits per heavy atom. The molecule has 0 aliphatic carbocycles. The van der Waals surface area contributed by atoms with Gasteiger partial charge in [-0.05, 0) is 30.5 Å². The molecule has 3 heteroatoms. The van der Waals surface area contributed by atoms with Crippen LogP contribution in [0.15, 0.2) is 24.3 Å². The van der Waals surface area contributed by atoms with Crippen LogP contribution >= 0.6 is 0 Å². The fourth-order valence-corrected chi connectivity index (χ4v) is 1.67. The van der Waals surface area contributed by atoms with Crippen LogP contribution in [0.25, 0.3) is 0 Å². The zero-order valence-electron chi connectivity index (χ0n) is 9.99. The normalized spacial score (nSPS) is 10.7. The van der Waals surface area contributed by atoms with Crippen molar-refractivity contribution in [3.8, 4) is 0 Å². The van der Waals surface area contributed by atoms with Crippen molar-refractivity contribution < 1.29 is 4.79 Å². The number of nitrogens with one attached hydrogen (secondary N) is 1. The zero-order valence-corrected chi connectivity index (χ0v) is 9.99. The highest BCUT2D eigenvalue weighted by Crippen LogP contribution is 2.06. The Balaban J connectivity index is 2.60. The Kier molecular flexibility index (Phi) is 4.99. The van der Waals surface area contributed by atoms with Crippen LogP contribution in [0.5, 0.6) is 0 Å². The van der Waals surface area contributed by atoms with Gasteiger partial charge in [-0.25, -0.2) is 0 Å². The molecule has 88 valence electrons. The molecule has 1 aromatic carbocycles. The van der Waals surface area contributed by atoms with Gasteiger partial charge in [0, 0.05) is 18.2 Å². The van der Waals surface area contributed by atoms with E-state index in [4.69, 9.17) is 5.73 Å². The summed E-state index contributed by atoms with van der Waals surface area (Å²) in [6, 6.07) is 7.99. The molecule has 1 rings (SSSR count). The van der Waals surface area contributed by atoms with Crippen molar-refractivity contribution in [3.05, 3.63) is 35.4 Å². The van der Waals surface area contributed by atoms with E-state index in [0.717, 1.165) is 24.9 Å². The molecule has 0 atom stereocenters. The molecule has 0 heterocycles. The molecule has 3 N–H and O–H groups in total. The van der Waals surface area contributed by atoms with E-state index in [1.807, 2.05) is 18.2 Å². The highest BCUT2D eigenvalue weighted by molar-refractivity contribution is 5.92. The highest BCUT2D eigenvalue weighted by atomic mass is 16.1. The van der Waals surface area contributed by atoms with E-state index in [9.17, 15) is 4.79 Å². The lowest BCUT2D eigenvalue weighted by atomic mass is 10.1. The average molecular weight is 220 g/mol. The van der Waals surface area contributed by atoms with E-state index in [2.05, 4.69) is 19.2 Å². The topological polar surface area (TPSA) is 55.1 Å². The predicted molar refractivity (Wildman–Crippen MR) is 66.2 cm³/mol. The molecular formula is C13H20N2O. The molecule has 0 fully saturated rings. The lowest BCUT2D eigenvalue weighted by Gasteiger charge is -2.14. The Bertz CT molecular complexity index is 346. The van der Waals surface area contributed by atoms with Crippen molar-refractivity contribution in [1.82, 2.24) is 5.32 Å². The van der Waals surface area contributed by atoms with Crippen molar-refractivity contribution >= 4 is 5.91 Å². The van der Waals surface area contributed by atoms with Crippen LogP contribution < -0.4 is 11.1 Å². The zero-order chi connectivity index (χ0) is 12.0. The standard InChI is InChI=1S/C13H20N2O/c1-3-12(4-2)15-9-10-6-5-7-11(8-10)13(14)16/h5-8,12,15H,3-4,9H2,1-2H3,(H2,14,16). The third-order valence-electron chi connectivity index (χ3n) is 2.79. The maximum Gasteiger partial charge on any atom is 0.248 e. The van der Waals surface area contributed by atoms with Gasteiger partial charge in [0.05, 0.1) is 0 Å². The third-order valence-corrected chi connectivity index (χ3v) is 2.79. The fourth-order valence-electron chi connectivity index (χ4n) is 1.67. The van der Waals surface area contributed by atoms with Gasteiger partial charge in [-0.2, -0.15) is 0 Å². The van der Waals surface area contributed by atoms with Crippen molar-refractivity contribution in [2.45, 2.75) is 39.3 Å². The number of carbonyl (C=O) groups is 1. The molecule has 16 heavy (non-hydrogen) atoms. The SMILES string of the molecule is CCC(CC)NCc1cccc(C(N)=O)c1. The summed E-state index contributed by atoms with van der Waals surface area (Å²) in [5.74, 6) is -0.371. The molecular weight excluding hydrogens is 200 g/mol. The number of carbonyl (C=O) groups excluding carboxylic acids is 1. The minimum atomic E-state index is -0.371. The average Bonchev–Trinajstić information content (AvgIpc) is 2.31. The van der Waals surface area contributed by atoms with Crippen LogP contribution in [0.3, 0.4) is 0 Å². The van der Waals surface area contributed by atoms with Gasteiger partial charge in [0.1, 0.15) is 0 Å². The monoisotopic (exact) mass is 220 g/mol. The second-order valence-electron chi connectivity index (χ2n) is 3.96. The van der Waals surface area contributed by atoms with Gasteiger partial charge in [0.15, 0.2) is 0 Å². The summed E-state index contributed by atoms with van der Waals surface area (Å²) in [6.07, 6.45) is 2.23.